The number of benzene rings is 1. The Morgan fingerprint density at radius 3 is 3.05 bits per heavy atom. The lowest BCUT2D eigenvalue weighted by Crippen LogP contribution is -2.17. The van der Waals surface area contributed by atoms with E-state index in [-0.39, 0.29) is 11.9 Å². The van der Waals surface area contributed by atoms with Gasteiger partial charge in [-0.1, -0.05) is 23.5 Å². The van der Waals surface area contributed by atoms with Crippen LogP contribution in [0.2, 0.25) is 0 Å². The van der Waals surface area contributed by atoms with Crippen LogP contribution in [0, 0.1) is 0 Å². The minimum Gasteiger partial charge on any atom is -0.328 e. The first-order valence-electron chi connectivity index (χ1n) is 6.14. The van der Waals surface area contributed by atoms with E-state index in [2.05, 4.69) is 10.3 Å². The number of anilines is 1. The summed E-state index contributed by atoms with van der Waals surface area (Å²) in [5, 5.41) is 3.50. The maximum Gasteiger partial charge on any atom is 0.236 e. The molecule has 1 heterocycles. The van der Waals surface area contributed by atoms with E-state index in [4.69, 9.17) is 5.73 Å². The maximum atomic E-state index is 11.7. The second kappa shape index (κ2) is 6.88. The molecule has 1 amide bonds. The van der Waals surface area contributed by atoms with Crippen LogP contribution in [0.1, 0.15) is 13.3 Å². The number of carbonyl (C=O) groups excluding carboxylic acids is 1. The van der Waals surface area contributed by atoms with Gasteiger partial charge in [0.05, 0.1) is 16.0 Å². The highest BCUT2D eigenvalue weighted by Gasteiger charge is 2.07. The van der Waals surface area contributed by atoms with Gasteiger partial charge in [0.2, 0.25) is 5.91 Å². The molecule has 1 unspecified atom stereocenters. The molecule has 0 saturated heterocycles. The highest BCUT2D eigenvalue weighted by molar-refractivity contribution is 7.99. The maximum absolute atomic E-state index is 11.7. The Hall–Kier alpha value is -1.11. The van der Waals surface area contributed by atoms with Gasteiger partial charge >= 0.3 is 0 Å². The lowest BCUT2D eigenvalue weighted by Gasteiger charge is -2.04. The molecule has 1 atom stereocenters. The third kappa shape index (κ3) is 4.49. The summed E-state index contributed by atoms with van der Waals surface area (Å²) >= 11 is 3.10. The molecular formula is C13H17N3OS2. The van der Waals surface area contributed by atoms with Crippen molar-refractivity contribution in [2.75, 3.05) is 16.8 Å². The Bertz CT molecular complexity index is 521. The Kier molecular flexibility index (Phi) is 5.18. The van der Waals surface area contributed by atoms with E-state index in [0.717, 1.165) is 22.4 Å². The third-order valence-corrected chi connectivity index (χ3v) is 4.43. The summed E-state index contributed by atoms with van der Waals surface area (Å²) in [5.74, 6) is 1.35. The van der Waals surface area contributed by atoms with Crippen molar-refractivity contribution in [3.8, 4) is 0 Å². The molecule has 0 fully saturated rings. The number of fused-ring (bicyclic) bond motifs is 1. The summed E-state index contributed by atoms with van der Waals surface area (Å²) < 4.78 is 1.09. The summed E-state index contributed by atoms with van der Waals surface area (Å²) in [6, 6.07) is 8.05. The molecule has 1 aromatic heterocycles. The third-order valence-electron chi connectivity index (χ3n) is 2.49. The second-order valence-electron chi connectivity index (χ2n) is 4.35. The first kappa shape index (κ1) is 14.3. The molecule has 2 aromatic rings. The number of nitrogens with zero attached hydrogens (tertiary/aromatic N) is 1. The fourth-order valence-corrected chi connectivity index (χ4v) is 3.34. The highest BCUT2D eigenvalue weighted by atomic mass is 32.2. The Morgan fingerprint density at radius 1 is 1.53 bits per heavy atom. The molecule has 4 nitrogen and oxygen atoms in total. The van der Waals surface area contributed by atoms with Crippen LogP contribution in [-0.4, -0.2) is 28.4 Å². The van der Waals surface area contributed by atoms with Crippen molar-refractivity contribution in [2.45, 2.75) is 19.4 Å². The van der Waals surface area contributed by atoms with E-state index in [1.54, 1.807) is 11.8 Å². The van der Waals surface area contributed by atoms with Crippen molar-refractivity contribution >= 4 is 44.4 Å². The fraction of sp³-hybridized carbons (Fsp3) is 0.385. The number of nitrogens with one attached hydrogen (secondary N) is 1. The van der Waals surface area contributed by atoms with Gasteiger partial charge in [0.15, 0.2) is 5.13 Å². The number of carbonyl (C=O) groups is 1. The van der Waals surface area contributed by atoms with Gasteiger partial charge in [-0.25, -0.2) is 4.98 Å². The van der Waals surface area contributed by atoms with Gasteiger partial charge in [-0.15, -0.1) is 0 Å². The SMILES string of the molecule is CC(N)CCSCC(=O)Nc1nc2ccccc2s1. The lowest BCUT2D eigenvalue weighted by molar-refractivity contribution is -0.113. The van der Waals surface area contributed by atoms with Gasteiger partial charge in [0.25, 0.3) is 0 Å². The summed E-state index contributed by atoms with van der Waals surface area (Å²) in [6.07, 6.45) is 0.930. The number of hydrogen-bond donors (Lipinski definition) is 2. The van der Waals surface area contributed by atoms with E-state index in [9.17, 15) is 4.79 Å². The molecule has 0 aliphatic rings. The molecule has 6 heteroatoms. The normalized spacial score (nSPS) is 12.5. The Labute approximate surface area is 120 Å². The average Bonchev–Trinajstić information content (AvgIpc) is 2.76. The average molecular weight is 295 g/mol. The minimum atomic E-state index is -0.00580. The molecule has 0 aliphatic carbocycles. The van der Waals surface area contributed by atoms with Crippen LogP contribution in [0.3, 0.4) is 0 Å². The highest BCUT2D eigenvalue weighted by Crippen LogP contribution is 2.25. The fourth-order valence-electron chi connectivity index (χ4n) is 1.52. The number of rotatable bonds is 6. The zero-order valence-electron chi connectivity index (χ0n) is 10.8. The first-order chi connectivity index (χ1) is 9.15. The van der Waals surface area contributed by atoms with Crippen molar-refractivity contribution < 1.29 is 4.79 Å². The van der Waals surface area contributed by atoms with Crippen LogP contribution in [-0.2, 0) is 4.79 Å². The Balaban J connectivity index is 1.81. The van der Waals surface area contributed by atoms with Gasteiger partial charge < -0.3 is 11.1 Å². The minimum absolute atomic E-state index is 0.00580. The zero-order valence-corrected chi connectivity index (χ0v) is 12.4. The standard InChI is InChI=1S/C13H17N3OS2/c1-9(14)6-7-18-8-12(17)16-13-15-10-4-2-3-5-11(10)19-13/h2-5,9H,6-8,14H2,1H3,(H,15,16,17). The molecule has 19 heavy (non-hydrogen) atoms. The van der Waals surface area contributed by atoms with Crippen LogP contribution in [0.4, 0.5) is 5.13 Å². The molecule has 2 rings (SSSR count). The van der Waals surface area contributed by atoms with Gasteiger partial charge in [0.1, 0.15) is 0 Å². The van der Waals surface area contributed by atoms with Gasteiger partial charge in [0, 0.05) is 6.04 Å². The predicted molar refractivity (Wildman–Crippen MR) is 83.8 cm³/mol. The van der Waals surface area contributed by atoms with Crippen LogP contribution < -0.4 is 11.1 Å². The largest absolute Gasteiger partial charge is 0.328 e. The van der Waals surface area contributed by atoms with Gasteiger partial charge in [-0.2, -0.15) is 11.8 Å². The number of para-hydroxylation sites is 1. The molecule has 0 bridgehead atoms. The smallest absolute Gasteiger partial charge is 0.236 e. The molecule has 102 valence electrons. The topological polar surface area (TPSA) is 68.0 Å². The van der Waals surface area contributed by atoms with Gasteiger partial charge in [-0.3, -0.25) is 4.79 Å². The van der Waals surface area contributed by atoms with Crippen molar-refractivity contribution in [2.24, 2.45) is 5.73 Å². The van der Waals surface area contributed by atoms with Gasteiger partial charge in [-0.05, 0) is 31.2 Å². The van der Waals surface area contributed by atoms with Crippen LogP contribution in [0.5, 0.6) is 0 Å². The number of thiazole rings is 1. The molecule has 0 aliphatic heterocycles. The summed E-state index contributed by atoms with van der Waals surface area (Å²) in [5.41, 5.74) is 6.58. The summed E-state index contributed by atoms with van der Waals surface area (Å²) in [6.45, 7) is 1.97. The van der Waals surface area contributed by atoms with E-state index in [0.29, 0.717) is 10.9 Å². The Morgan fingerprint density at radius 2 is 2.32 bits per heavy atom. The monoisotopic (exact) mass is 295 g/mol. The van der Waals surface area contributed by atoms with E-state index in [1.807, 2.05) is 31.2 Å². The quantitative estimate of drug-likeness (QED) is 0.804. The number of hydrogen-bond acceptors (Lipinski definition) is 5. The number of thioether (sulfide) groups is 1. The molecule has 0 radical (unpaired) electrons. The van der Waals surface area contributed by atoms with E-state index < -0.39 is 0 Å². The molecule has 1 aromatic carbocycles. The molecular weight excluding hydrogens is 278 g/mol. The number of nitrogens with two attached hydrogens (primary N) is 1. The van der Waals surface area contributed by atoms with E-state index >= 15 is 0 Å². The first-order valence-corrected chi connectivity index (χ1v) is 8.11. The lowest BCUT2D eigenvalue weighted by atomic mass is 10.3. The van der Waals surface area contributed by atoms with Crippen molar-refractivity contribution in [3.63, 3.8) is 0 Å². The van der Waals surface area contributed by atoms with Crippen molar-refractivity contribution in [1.82, 2.24) is 4.98 Å². The zero-order chi connectivity index (χ0) is 13.7. The number of aromatic nitrogens is 1. The van der Waals surface area contributed by atoms with Crippen molar-refractivity contribution in [1.29, 1.82) is 0 Å². The van der Waals surface area contributed by atoms with Crippen LogP contribution >= 0.6 is 23.1 Å². The number of amides is 1. The van der Waals surface area contributed by atoms with Crippen LogP contribution in [0.15, 0.2) is 24.3 Å². The summed E-state index contributed by atoms with van der Waals surface area (Å²) in [7, 11) is 0. The van der Waals surface area contributed by atoms with E-state index in [1.165, 1.54) is 11.3 Å². The molecule has 0 saturated carbocycles. The molecule has 3 N–H and O–H groups in total. The second-order valence-corrected chi connectivity index (χ2v) is 6.49. The summed E-state index contributed by atoms with van der Waals surface area (Å²) in [4.78, 5) is 16.1. The van der Waals surface area contributed by atoms with Crippen LogP contribution in [0.25, 0.3) is 10.2 Å². The van der Waals surface area contributed by atoms with Crippen molar-refractivity contribution in [3.05, 3.63) is 24.3 Å². The molecule has 0 spiro atoms. The predicted octanol–water partition coefficient (Wildman–Crippen LogP) is 2.71.